The summed E-state index contributed by atoms with van der Waals surface area (Å²) in [6.45, 7) is 11.9. The van der Waals surface area contributed by atoms with Gasteiger partial charge in [0, 0.05) is 12.3 Å². The number of ether oxygens (including phenoxy) is 3. The highest BCUT2D eigenvalue weighted by molar-refractivity contribution is 5.40. The smallest absolute Gasteiger partial charge is 0.196 e. The Morgan fingerprint density at radius 2 is 1.82 bits per heavy atom. The second-order valence-electron chi connectivity index (χ2n) is 6.90. The van der Waals surface area contributed by atoms with Gasteiger partial charge < -0.3 is 14.2 Å². The maximum Gasteiger partial charge on any atom is 0.196 e. The van der Waals surface area contributed by atoms with E-state index in [2.05, 4.69) is 6.58 Å². The highest BCUT2D eigenvalue weighted by Gasteiger charge is 2.20. The zero-order chi connectivity index (χ0) is 21.1. The lowest BCUT2D eigenvalue weighted by Gasteiger charge is -2.27. The molecule has 1 fully saturated rings. The van der Waals surface area contributed by atoms with Gasteiger partial charge in [-0.2, -0.15) is 0 Å². The van der Waals surface area contributed by atoms with Crippen molar-refractivity contribution in [3.63, 3.8) is 0 Å². The lowest BCUT2D eigenvalue weighted by molar-refractivity contribution is -0.0410. The zero-order valence-electron chi connectivity index (χ0n) is 17.8. The Labute approximate surface area is 168 Å². The number of rotatable bonds is 10. The molecule has 1 aliphatic rings. The predicted octanol–water partition coefficient (Wildman–Crippen LogP) is 6.71. The molecule has 1 aliphatic heterocycles. The van der Waals surface area contributed by atoms with Gasteiger partial charge in [-0.25, -0.2) is 8.78 Å². The number of methoxy groups -OCH3 is 1. The van der Waals surface area contributed by atoms with Gasteiger partial charge >= 0.3 is 0 Å². The molecule has 0 N–H and O–H groups in total. The monoisotopic (exact) mass is 396 g/mol. The van der Waals surface area contributed by atoms with Gasteiger partial charge in [-0.1, -0.05) is 26.0 Å². The van der Waals surface area contributed by atoms with Crippen molar-refractivity contribution >= 4 is 0 Å². The summed E-state index contributed by atoms with van der Waals surface area (Å²) in [6.07, 6.45) is 8.68. The van der Waals surface area contributed by atoms with E-state index in [1.807, 2.05) is 19.1 Å². The van der Waals surface area contributed by atoms with E-state index in [0.29, 0.717) is 43.1 Å². The van der Waals surface area contributed by atoms with Crippen molar-refractivity contribution in [2.75, 3.05) is 20.3 Å². The summed E-state index contributed by atoms with van der Waals surface area (Å²) >= 11 is 0. The Morgan fingerprint density at radius 1 is 1.11 bits per heavy atom. The Hall–Kier alpha value is -1.88. The standard InChI is InChI=1S/C23H34F2O3/c1-7-18-11-13-20(27-14-18)15-28-19(8-2)12-10-16(4)21(9-3)23(25)22(24)17(5)26-6/h7,10,12,18,20H,1,8-9,11,13-15H2,2-6H3/b16-10+,19-12+,22-17-,23-21-. The first kappa shape index (κ1) is 24.2. The van der Waals surface area contributed by atoms with Crippen molar-refractivity contribution in [2.45, 2.75) is 59.5 Å². The summed E-state index contributed by atoms with van der Waals surface area (Å²) in [5.74, 6) is -0.705. The zero-order valence-corrected chi connectivity index (χ0v) is 17.8. The number of halogens is 2. The van der Waals surface area contributed by atoms with Gasteiger partial charge in [-0.05, 0) is 50.3 Å². The van der Waals surface area contributed by atoms with E-state index < -0.39 is 11.7 Å². The maximum atomic E-state index is 14.5. The van der Waals surface area contributed by atoms with Crippen LogP contribution in [0.15, 0.2) is 59.1 Å². The fourth-order valence-corrected chi connectivity index (χ4v) is 2.91. The molecule has 3 nitrogen and oxygen atoms in total. The molecule has 158 valence electrons. The largest absolute Gasteiger partial charge is 0.498 e. The molecule has 1 rings (SSSR count). The maximum absolute atomic E-state index is 14.5. The summed E-state index contributed by atoms with van der Waals surface area (Å²) in [4.78, 5) is 0. The summed E-state index contributed by atoms with van der Waals surface area (Å²) in [6, 6.07) is 0. The summed E-state index contributed by atoms with van der Waals surface area (Å²) in [7, 11) is 1.32. The van der Waals surface area contributed by atoms with Gasteiger partial charge in [0.05, 0.1) is 25.6 Å². The normalized spacial score (nSPS) is 23.0. The van der Waals surface area contributed by atoms with Crippen LogP contribution in [0.5, 0.6) is 0 Å². The van der Waals surface area contributed by atoms with Crippen LogP contribution >= 0.6 is 0 Å². The Morgan fingerprint density at radius 3 is 2.32 bits per heavy atom. The summed E-state index contributed by atoms with van der Waals surface area (Å²) in [5, 5.41) is 0. The second kappa shape index (κ2) is 12.6. The van der Waals surface area contributed by atoms with Crippen LogP contribution in [0.1, 0.15) is 53.4 Å². The van der Waals surface area contributed by atoms with Crippen LogP contribution in [0.3, 0.4) is 0 Å². The third kappa shape index (κ3) is 7.27. The minimum Gasteiger partial charge on any atom is -0.498 e. The van der Waals surface area contributed by atoms with E-state index in [1.165, 1.54) is 14.0 Å². The molecule has 0 amide bonds. The van der Waals surface area contributed by atoms with Crippen molar-refractivity contribution in [1.82, 2.24) is 0 Å². The molecule has 0 aromatic heterocycles. The predicted molar refractivity (Wildman–Crippen MR) is 110 cm³/mol. The first-order valence-corrected chi connectivity index (χ1v) is 9.91. The van der Waals surface area contributed by atoms with E-state index in [9.17, 15) is 8.78 Å². The first-order chi connectivity index (χ1) is 13.4. The molecular weight excluding hydrogens is 362 g/mol. The quantitative estimate of drug-likeness (QED) is 0.233. The van der Waals surface area contributed by atoms with Crippen LogP contribution in [0, 0.1) is 5.92 Å². The molecule has 0 saturated carbocycles. The number of allylic oxidation sites excluding steroid dienone is 8. The number of hydrogen-bond donors (Lipinski definition) is 0. The Bertz CT molecular complexity index is 636. The van der Waals surface area contributed by atoms with Crippen LogP contribution in [0.25, 0.3) is 0 Å². The third-order valence-corrected chi connectivity index (χ3v) is 4.96. The molecule has 0 bridgehead atoms. The fraction of sp³-hybridized carbons (Fsp3) is 0.565. The van der Waals surface area contributed by atoms with Gasteiger partial charge in [0.2, 0.25) is 0 Å². The molecule has 0 aliphatic carbocycles. The van der Waals surface area contributed by atoms with Gasteiger partial charge in [0.1, 0.15) is 12.4 Å². The third-order valence-electron chi connectivity index (χ3n) is 4.96. The molecule has 0 aromatic carbocycles. The lowest BCUT2D eigenvalue weighted by atomic mass is 9.99. The van der Waals surface area contributed by atoms with Gasteiger partial charge in [-0.15, -0.1) is 6.58 Å². The molecular formula is C23H34F2O3. The molecule has 2 unspecified atom stereocenters. The summed E-state index contributed by atoms with van der Waals surface area (Å²) in [5.41, 5.74) is 0.961. The SMILES string of the molecule is C=CC1CCC(CO/C(=C/C=C(C)/C(CC)=C(F)/C(F)=C(\C)OC)CC)OC1. The van der Waals surface area contributed by atoms with E-state index in [4.69, 9.17) is 14.2 Å². The number of hydrogen-bond acceptors (Lipinski definition) is 3. The minimum absolute atomic E-state index is 0.0736. The highest BCUT2D eigenvalue weighted by atomic mass is 19.2. The van der Waals surface area contributed by atoms with Crippen LogP contribution in [0.4, 0.5) is 8.78 Å². The topological polar surface area (TPSA) is 27.7 Å². The molecule has 1 heterocycles. The molecule has 2 atom stereocenters. The molecule has 0 spiro atoms. The van der Waals surface area contributed by atoms with E-state index in [1.54, 1.807) is 19.9 Å². The van der Waals surface area contributed by atoms with Crippen molar-refractivity contribution < 1.29 is 23.0 Å². The fourth-order valence-electron chi connectivity index (χ4n) is 2.91. The van der Waals surface area contributed by atoms with Crippen LogP contribution in [-0.2, 0) is 14.2 Å². The Kier molecular flexibility index (Phi) is 10.8. The van der Waals surface area contributed by atoms with Gasteiger partial charge in [0.15, 0.2) is 11.7 Å². The molecule has 1 saturated heterocycles. The van der Waals surface area contributed by atoms with Crippen molar-refractivity contribution in [3.05, 3.63) is 59.1 Å². The first-order valence-electron chi connectivity index (χ1n) is 9.91. The second-order valence-corrected chi connectivity index (χ2v) is 6.90. The van der Waals surface area contributed by atoms with Gasteiger partial charge in [-0.3, -0.25) is 0 Å². The lowest BCUT2D eigenvalue weighted by Crippen LogP contribution is -2.28. The molecule has 0 radical (unpaired) electrons. The van der Waals surface area contributed by atoms with Crippen molar-refractivity contribution in [2.24, 2.45) is 5.92 Å². The average Bonchev–Trinajstić information content (AvgIpc) is 2.73. The van der Waals surface area contributed by atoms with Crippen LogP contribution in [-0.4, -0.2) is 26.4 Å². The van der Waals surface area contributed by atoms with Crippen molar-refractivity contribution in [1.29, 1.82) is 0 Å². The van der Waals surface area contributed by atoms with Crippen LogP contribution < -0.4 is 0 Å². The molecule has 5 heteroatoms. The molecule has 28 heavy (non-hydrogen) atoms. The minimum atomic E-state index is -0.963. The van der Waals surface area contributed by atoms with E-state index in [0.717, 1.165) is 18.6 Å². The van der Waals surface area contributed by atoms with Gasteiger partial charge in [0.25, 0.3) is 0 Å². The molecule has 0 aromatic rings. The highest BCUT2D eigenvalue weighted by Crippen LogP contribution is 2.28. The summed E-state index contributed by atoms with van der Waals surface area (Å²) < 4.78 is 45.0. The average molecular weight is 397 g/mol. The Balaban J connectivity index is 2.82. The van der Waals surface area contributed by atoms with E-state index >= 15 is 0 Å². The van der Waals surface area contributed by atoms with Crippen molar-refractivity contribution in [3.8, 4) is 0 Å². The van der Waals surface area contributed by atoms with E-state index in [-0.39, 0.29) is 11.9 Å². The van der Waals surface area contributed by atoms with Crippen LogP contribution in [0.2, 0.25) is 0 Å².